The number of esters is 1. The quantitative estimate of drug-likeness (QED) is 0.758. The zero-order chi connectivity index (χ0) is 17.2. The number of methoxy groups -OCH3 is 2. The number of thiophene rings is 1. The Bertz CT molecular complexity index is 675. The summed E-state index contributed by atoms with van der Waals surface area (Å²) in [6, 6.07) is 1.33. The summed E-state index contributed by atoms with van der Waals surface area (Å²) in [7, 11) is -1.10. The van der Waals surface area contributed by atoms with Crippen LogP contribution in [0.1, 0.15) is 29.4 Å². The maximum atomic E-state index is 12.9. The van der Waals surface area contributed by atoms with Gasteiger partial charge in [0.05, 0.1) is 14.2 Å². The van der Waals surface area contributed by atoms with E-state index in [2.05, 4.69) is 4.74 Å². The molecule has 2 N–H and O–H groups in total. The molecule has 1 aromatic rings. The van der Waals surface area contributed by atoms with Gasteiger partial charge in [0.25, 0.3) is 10.0 Å². The standard InChI is InChI=1S/C14H22N2O5S2.ClH/c1-9(15)10-5-4-6-16(8-10)23(18,19)14-11(20-2)7-12(22-14)13(17)21-3;/h7,9-10H,4-6,8,15H2,1-3H3;1H. The van der Waals surface area contributed by atoms with Crippen molar-refractivity contribution < 1.29 is 22.7 Å². The second-order valence-corrected chi connectivity index (χ2v) is 8.77. The average molecular weight is 399 g/mol. The van der Waals surface area contributed by atoms with Gasteiger partial charge in [-0.3, -0.25) is 0 Å². The van der Waals surface area contributed by atoms with E-state index in [0.29, 0.717) is 13.1 Å². The second-order valence-electron chi connectivity index (χ2n) is 5.58. The van der Waals surface area contributed by atoms with E-state index in [9.17, 15) is 13.2 Å². The number of nitrogens with zero attached hydrogens (tertiary/aromatic N) is 1. The summed E-state index contributed by atoms with van der Waals surface area (Å²) in [6.07, 6.45) is 1.68. The Morgan fingerprint density at radius 1 is 1.46 bits per heavy atom. The molecule has 1 aliphatic heterocycles. The first-order chi connectivity index (χ1) is 10.8. The minimum Gasteiger partial charge on any atom is -0.494 e. The molecule has 2 heterocycles. The molecular formula is C14H23ClN2O5S2. The van der Waals surface area contributed by atoms with Gasteiger partial charge in [-0.05, 0) is 25.7 Å². The average Bonchev–Trinajstić information content (AvgIpc) is 2.99. The maximum Gasteiger partial charge on any atom is 0.348 e. The Morgan fingerprint density at radius 3 is 2.67 bits per heavy atom. The van der Waals surface area contributed by atoms with Crippen LogP contribution in [0.5, 0.6) is 5.75 Å². The molecule has 24 heavy (non-hydrogen) atoms. The van der Waals surface area contributed by atoms with Crippen LogP contribution >= 0.6 is 23.7 Å². The number of sulfonamides is 1. The van der Waals surface area contributed by atoms with Gasteiger partial charge in [-0.2, -0.15) is 4.31 Å². The summed E-state index contributed by atoms with van der Waals surface area (Å²) in [6.45, 7) is 2.72. The highest BCUT2D eigenvalue weighted by Gasteiger charge is 2.35. The van der Waals surface area contributed by atoms with Crippen LogP contribution in [0.15, 0.2) is 10.3 Å². The van der Waals surface area contributed by atoms with Gasteiger partial charge in [0, 0.05) is 25.2 Å². The van der Waals surface area contributed by atoms with Crippen molar-refractivity contribution in [3.63, 3.8) is 0 Å². The zero-order valence-corrected chi connectivity index (χ0v) is 16.3. The first-order valence-corrected chi connectivity index (χ1v) is 9.58. The lowest BCUT2D eigenvalue weighted by Crippen LogP contribution is -2.44. The van der Waals surface area contributed by atoms with E-state index in [0.717, 1.165) is 24.2 Å². The molecule has 0 spiro atoms. The summed E-state index contributed by atoms with van der Waals surface area (Å²) < 4.78 is 37.1. The lowest BCUT2D eigenvalue weighted by molar-refractivity contribution is 0.0606. The van der Waals surface area contributed by atoms with Crippen molar-refractivity contribution in [2.24, 2.45) is 11.7 Å². The fourth-order valence-corrected chi connectivity index (χ4v) is 5.79. The van der Waals surface area contributed by atoms with Crippen molar-refractivity contribution in [3.8, 4) is 5.75 Å². The summed E-state index contributed by atoms with van der Waals surface area (Å²) in [4.78, 5) is 11.8. The van der Waals surface area contributed by atoms with Gasteiger partial charge >= 0.3 is 5.97 Å². The van der Waals surface area contributed by atoms with Crippen LogP contribution in [0.4, 0.5) is 0 Å². The molecule has 0 amide bonds. The third-order valence-electron chi connectivity index (χ3n) is 4.01. The molecular weight excluding hydrogens is 376 g/mol. The van der Waals surface area contributed by atoms with Gasteiger partial charge < -0.3 is 15.2 Å². The van der Waals surface area contributed by atoms with Crippen LogP contribution in [0.2, 0.25) is 0 Å². The van der Waals surface area contributed by atoms with E-state index in [1.54, 1.807) is 0 Å². The second kappa shape index (κ2) is 8.48. The molecule has 2 unspecified atom stereocenters. The predicted molar refractivity (Wildman–Crippen MR) is 94.6 cm³/mol. The number of hydrogen-bond acceptors (Lipinski definition) is 7. The molecule has 10 heteroatoms. The largest absolute Gasteiger partial charge is 0.494 e. The Kier molecular flexibility index (Phi) is 7.48. The highest BCUT2D eigenvalue weighted by Crippen LogP contribution is 2.37. The normalized spacial score (nSPS) is 20.1. The van der Waals surface area contributed by atoms with Crippen molar-refractivity contribution in [2.75, 3.05) is 27.3 Å². The van der Waals surface area contributed by atoms with Crippen molar-refractivity contribution in [2.45, 2.75) is 30.0 Å². The Morgan fingerprint density at radius 2 is 2.12 bits per heavy atom. The van der Waals surface area contributed by atoms with Crippen LogP contribution in [-0.2, 0) is 14.8 Å². The van der Waals surface area contributed by atoms with E-state index in [1.165, 1.54) is 24.6 Å². The number of rotatable bonds is 5. The van der Waals surface area contributed by atoms with Gasteiger partial charge in [-0.1, -0.05) is 0 Å². The number of hydrogen-bond donors (Lipinski definition) is 1. The van der Waals surface area contributed by atoms with Crippen molar-refractivity contribution >= 4 is 39.7 Å². The molecule has 1 aromatic heterocycles. The van der Waals surface area contributed by atoms with Crippen molar-refractivity contribution in [1.29, 1.82) is 0 Å². The van der Waals surface area contributed by atoms with Crippen molar-refractivity contribution in [1.82, 2.24) is 4.31 Å². The van der Waals surface area contributed by atoms with E-state index < -0.39 is 16.0 Å². The highest BCUT2D eigenvalue weighted by atomic mass is 35.5. The lowest BCUT2D eigenvalue weighted by atomic mass is 9.93. The molecule has 2 rings (SSSR count). The summed E-state index contributed by atoms with van der Waals surface area (Å²) in [5.41, 5.74) is 5.92. The minimum atomic E-state index is -3.73. The van der Waals surface area contributed by atoms with E-state index in [4.69, 9.17) is 10.5 Å². The van der Waals surface area contributed by atoms with Gasteiger partial charge in [-0.15, -0.1) is 23.7 Å². The minimum absolute atomic E-state index is 0. The third-order valence-corrected chi connectivity index (χ3v) is 7.46. The first-order valence-electron chi connectivity index (χ1n) is 7.33. The summed E-state index contributed by atoms with van der Waals surface area (Å²) in [5.74, 6) is -0.287. The smallest absolute Gasteiger partial charge is 0.348 e. The summed E-state index contributed by atoms with van der Waals surface area (Å²) in [5, 5.41) is 0. The number of carbonyl (C=O) groups is 1. The molecule has 1 aliphatic rings. The van der Waals surface area contributed by atoms with Crippen LogP contribution in [0.25, 0.3) is 0 Å². The predicted octanol–water partition coefficient (Wildman–Crippen LogP) is 1.71. The highest BCUT2D eigenvalue weighted by molar-refractivity contribution is 7.91. The molecule has 0 aliphatic carbocycles. The van der Waals surface area contributed by atoms with Crippen LogP contribution in [-0.4, -0.2) is 52.0 Å². The van der Waals surface area contributed by atoms with Crippen LogP contribution in [0, 0.1) is 5.92 Å². The molecule has 0 radical (unpaired) electrons. The fraction of sp³-hybridized carbons (Fsp3) is 0.643. The lowest BCUT2D eigenvalue weighted by Gasteiger charge is -2.33. The van der Waals surface area contributed by atoms with Gasteiger partial charge in [-0.25, -0.2) is 13.2 Å². The number of halogens is 1. The van der Waals surface area contributed by atoms with Crippen molar-refractivity contribution in [3.05, 3.63) is 10.9 Å². The number of piperidine rings is 1. The molecule has 138 valence electrons. The van der Waals surface area contributed by atoms with Crippen LogP contribution in [0.3, 0.4) is 0 Å². The monoisotopic (exact) mass is 398 g/mol. The fourth-order valence-electron chi connectivity index (χ4n) is 2.62. The Labute approximate surface area is 152 Å². The van der Waals surface area contributed by atoms with E-state index in [1.807, 2.05) is 6.92 Å². The number of carbonyl (C=O) groups excluding carboxylic acids is 1. The molecule has 0 aromatic carbocycles. The Balaban J connectivity index is 0.00000288. The first kappa shape index (κ1) is 21.2. The molecule has 1 saturated heterocycles. The van der Waals surface area contributed by atoms with Gasteiger partial charge in [0.2, 0.25) is 0 Å². The third kappa shape index (κ3) is 4.20. The molecule has 2 atom stereocenters. The van der Waals surface area contributed by atoms with Crippen LogP contribution < -0.4 is 10.5 Å². The summed E-state index contributed by atoms with van der Waals surface area (Å²) >= 11 is 0.867. The SMILES string of the molecule is COC(=O)c1cc(OC)c(S(=O)(=O)N2CCCC(C(C)N)C2)s1.Cl. The molecule has 1 fully saturated rings. The maximum absolute atomic E-state index is 12.9. The van der Waals surface area contributed by atoms with E-state index >= 15 is 0 Å². The topological polar surface area (TPSA) is 98.9 Å². The van der Waals surface area contributed by atoms with E-state index in [-0.39, 0.29) is 39.2 Å². The molecule has 0 saturated carbocycles. The molecule has 0 bridgehead atoms. The Hall–Kier alpha value is -0.870. The number of ether oxygens (including phenoxy) is 2. The molecule has 7 nitrogen and oxygen atoms in total. The number of nitrogens with two attached hydrogens (primary N) is 1. The zero-order valence-electron chi connectivity index (χ0n) is 13.9. The van der Waals surface area contributed by atoms with Gasteiger partial charge in [0.15, 0.2) is 9.96 Å². The van der Waals surface area contributed by atoms with Gasteiger partial charge in [0.1, 0.15) is 4.88 Å².